The van der Waals surface area contributed by atoms with E-state index >= 15 is 0 Å². The van der Waals surface area contributed by atoms with E-state index in [4.69, 9.17) is 9.47 Å². The zero-order chi connectivity index (χ0) is 16.5. The van der Waals surface area contributed by atoms with Gasteiger partial charge in [-0.2, -0.15) is 5.10 Å². The minimum Gasteiger partial charge on any atom is -0.497 e. The first kappa shape index (κ1) is 20.1. The van der Waals surface area contributed by atoms with Crippen molar-refractivity contribution < 1.29 is 9.47 Å². The van der Waals surface area contributed by atoms with Crippen LogP contribution in [0.3, 0.4) is 0 Å². The molecule has 0 radical (unpaired) electrons. The first-order valence-corrected chi connectivity index (χ1v) is 7.41. The Morgan fingerprint density at radius 1 is 1.25 bits per heavy atom. The van der Waals surface area contributed by atoms with E-state index in [2.05, 4.69) is 20.7 Å². The van der Waals surface area contributed by atoms with Crippen LogP contribution >= 0.6 is 24.0 Å². The second kappa shape index (κ2) is 10.7. The summed E-state index contributed by atoms with van der Waals surface area (Å²) in [5.41, 5.74) is 1.08. The maximum absolute atomic E-state index is 5.67. The zero-order valence-corrected chi connectivity index (χ0v) is 16.5. The molecular weight excluding hydrogens is 421 g/mol. The lowest BCUT2D eigenvalue weighted by atomic mass is 10.3. The molecule has 24 heavy (non-hydrogen) atoms. The number of nitrogens with zero attached hydrogens (tertiary/aromatic N) is 3. The molecular formula is C16H24IN5O2. The largest absolute Gasteiger partial charge is 0.497 e. The van der Waals surface area contributed by atoms with Crippen LogP contribution in [0.25, 0.3) is 0 Å². The van der Waals surface area contributed by atoms with E-state index in [0.29, 0.717) is 19.7 Å². The third-order valence-corrected chi connectivity index (χ3v) is 3.29. The van der Waals surface area contributed by atoms with Gasteiger partial charge < -0.3 is 20.1 Å². The number of methoxy groups -OCH3 is 1. The van der Waals surface area contributed by atoms with Crippen molar-refractivity contribution in [1.29, 1.82) is 0 Å². The molecule has 0 aliphatic rings. The van der Waals surface area contributed by atoms with Crippen LogP contribution < -0.4 is 20.1 Å². The fourth-order valence-electron chi connectivity index (χ4n) is 2.00. The van der Waals surface area contributed by atoms with Crippen molar-refractivity contribution in [2.75, 3.05) is 27.3 Å². The summed E-state index contributed by atoms with van der Waals surface area (Å²) < 4.78 is 12.7. The molecule has 1 aromatic carbocycles. The molecule has 0 bridgehead atoms. The van der Waals surface area contributed by atoms with E-state index in [1.54, 1.807) is 20.4 Å². The third kappa shape index (κ3) is 6.26. The van der Waals surface area contributed by atoms with Crippen LogP contribution in [0.4, 0.5) is 0 Å². The second-order valence-electron chi connectivity index (χ2n) is 4.83. The Bertz CT molecular complexity index is 645. The number of hydrogen-bond donors (Lipinski definition) is 2. The smallest absolute Gasteiger partial charge is 0.191 e. The summed E-state index contributed by atoms with van der Waals surface area (Å²) in [6.45, 7) is 1.83. The topological polar surface area (TPSA) is 72.7 Å². The van der Waals surface area contributed by atoms with Gasteiger partial charge in [-0.3, -0.25) is 9.67 Å². The highest BCUT2D eigenvalue weighted by Gasteiger charge is 2.01. The monoisotopic (exact) mass is 445 g/mol. The van der Waals surface area contributed by atoms with Crippen LogP contribution in [0.1, 0.15) is 5.69 Å². The van der Waals surface area contributed by atoms with E-state index in [1.807, 2.05) is 42.1 Å². The number of hydrogen-bond acceptors (Lipinski definition) is 4. The Morgan fingerprint density at radius 2 is 2.04 bits per heavy atom. The van der Waals surface area contributed by atoms with Crippen LogP contribution in [0.2, 0.25) is 0 Å². The Morgan fingerprint density at radius 3 is 2.71 bits per heavy atom. The van der Waals surface area contributed by atoms with E-state index in [9.17, 15) is 0 Å². The van der Waals surface area contributed by atoms with Crippen LogP contribution in [0, 0.1) is 0 Å². The van der Waals surface area contributed by atoms with Crippen molar-refractivity contribution in [2.45, 2.75) is 6.54 Å². The van der Waals surface area contributed by atoms with E-state index in [0.717, 1.165) is 23.2 Å². The second-order valence-corrected chi connectivity index (χ2v) is 4.83. The summed E-state index contributed by atoms with van der Waals surface area (Å²) in [6, 6.07) is 9.50. The van der Waals surface area contributed by atoms with Crippen molar-refractivity contribution in [3.8, 4) is 11.5 Å². The number of aryl methyl sites for hydroxylation is 1. The van der Waals surface area contributed by atoms with Crippen LogP contribution in [0.5, 0.6) is 11.5 Å². The molecule has 1 heterocycles. The minimum atomic E-state index is 0. The molecule has 0 aliphatic carbocycles. The lowest BCUT2D eigenvalue weighted by Crippen LogP contribution is -2.39. The SMILES string of the molecule is CN=C(NCCOc1cccc(OC)c1)NCc1ccnn1C.I. The van der Waals surface area contributed by atoms with Crippen molar-refractivity contribution in [1.82, 2.24) is 20.4 Å². The Balaban J connectivity index is 0.00000288. The van der Waals surface area contributed by atoms with Gasteiger partial charge in [0.1, 0.15) is 18.1 Å². The molecule has 132 valence electrons. The first-order chi connectivity index (χ1) is 11.2. The number of rotatable bonds is 7. The molecule has 0 saturated heterocycles. The lowest BCUT2D eigenvalue weighted by Gasteiger charge is -2.13. The first-order valence-electron chi connectivity index (χ1n) is 7.41. The molecule has 0 unspecified atom stereocenters. The van der Waals surface area contributed by atoms with Crippen LogP contribution in [-0.2, 0) is 13.6 Å². The van der Waals surface area contributed by atoms with Crippen molar-refractivity contribution >= 4 is 29.9 Å². The molecule has 2 rings (SSSR count). The Kier molecular flexibility index (Phi) is 8.98. The van der Waals surface area contributed by atoms with Gasteiger partial charge in [-0.05, 0) is 18.2 Å². The zero-order valence-electron chi connectivity index (χ0n) is 14.2. The number of ether oxygens (including phenoxy) is 2. The fraction of sp³-hybridized carbons (Fsp3) is 0.375. The number of nitrogens with one attached hydrogen (secondary N) is 2. The van der Waals surface area contributed by atoms with Gasteiger partial charge in [-0.15, -0.1) is 24.0 Å². The fourth-order valence-corrected chi connectivity index (χ4v) is 2.00. The molecule has 7 nitrogen and oxygen atoms in total. The summed E-state index contributed by atoms with van der Waals surface area (Å²) in [5.74, 6) is 2.29. The molecule has 8 heteroatoms. The van der Waals surface area contributed by atoms with Gasteiger partial charge in [0, 0.05) is 26.4 Å². The van der Waals surface area contributed by atoms with Crippen LogP contribution in [-0.4, -0.2) is 43.0 Å². The van der Waals surface area contributed by atoms with Crippen molar-refractivity contribution in [3.63, 3.8) is 0 Å². The number of benzene rings is 1. The summed E-state index contributed by atoms with van der Waals surface area (Å²) in [5, 5.41) is 10.6. The average molecular weight is 445 g/mol. The van der Waals surface area contributed by atoms with Gasteiger partial charge in [0.15, 0.2) is 5.96 Å². The van der Waals surface area contributed by atoms with Gasteiger partial charge in [-0.25, -0.2) is 0 Å². The van der Waals surface area contributed by atoms with Crippen LogP contribution in [0.15, 0.2) is 41.5 Å². The number of aliphatic imine (C=N–C) groups is 1. The van der Waals surface area contributed by atoms with Gasteiger partial charge in [-0.1, -0.05) is 6.07 Å². The average Bonchev–Trinajstić information content (AvgIpc) is 2.99. The molecule has 2 N–H and O–H groups in total. The number of guanidine groups is 1. The maximum Gasteiger partial charge on any atom is 0.191 e. The quantitative estimate of drug-likeness (QED) is 0.294. The molecule has 0 aliphatic heterocycles. The Hall–Kier alpha value is -1.97. The molecule has 0 atom stereocenters. The van der Waals surface area contributed by atoms with Gasteiger partial charge in [0.25, 0.3) is 0 Å². The predicted octanol–water partition coefficient (Wildman–Crippen LogP) is 1.79. The highest BCUT2D eigenvalue weighted by atomic mass is 127. The minimum absolute atomic E-state index is 0. The molecule has 0 saturated carbocycles. The van der Waals surface area contributed by atoms with Crippen molar-refractivity contribution in [3.05, 3.63) is 42.2 Å². The standard InChI is InChI=1S/C16H23N5O2.HI/c1-17-16(19-12-13-7-8-20-21(13)2)18-9-10-23-15-6-4-5-14(11-15)22-3;/h4-8,11H,9-10,12H2,1-3H3,(H2,17,18,19);1H. The summed E-state index contributed by atoms with van der Waals surface area (Å²) in [7, 11) is 5.29. The molecule has 1 aromatic heterocycles. The van der Waals surface area contributed by atoms with Crippen molar-refractivity contribution in [2.24, 2.45) is 12.0 Å². The lowest BCUT2D eigenvalue weighted by molar-refractivity contribution is 0.319. The number of halogens is 1. The van der Waals surface area contributed by atoms with E-state index < -0.39 is 0 Å². The molecule has 0 amide bonds. The third-order valence-electron chi connectivity index (χ3n) is 3.29. The Labute approximate surface area is 159 Å². The molecule has 0 spiro atoms. The summed E-state index contributed by atoms with van der Waals surface area (Å²) >= 11 is 0. The summed E-state index contributed by atoms with van der Waals surface area (Å²) in [4.78, 5) is 4.18. The predicted molar refractivity (Wildman–Crippen MR) is 105 cm³/mol. The number of aromatic nitrogens is 2. The highest BCUT2D eigenvalue weighted by Crippen LogP contribution is 2.18. The van der Waals surface area contributed by atoms with Gasteiger partial charge in [0.05, 0.1) is 25.9 Å². The molecule has 0 fully saturated rings. The van der Waals surface area contributed by atoms with E-state index in [1.165, 1.54) is 0 Å². The molecule has 2 aromatic rings. The van der Waals surface area contributed by atoms with Gasteiger partial charge in [0.2, 0.25) is 0 Å². The summed E-state index contributed by atoms with van der Waals surface area (Å²) in [6.07, 6.45) is 1.77. The maximum atomic E-state index is 5.67. The van der Waals surface area contributed by atoms with E-state index in [-0.39, 0.29) is 24.0 Å². The highest BCUT2D eigenvalue weighted by molar-refractivity contribution is 14.0. The van der Waals surface area contributed by atoms with Gasteiger partial charge >= 0.3 is 0 Å². The normalized spacial score (nSPS) is 10.7.